The lowest BCUT2D eigenvalue weighted by Gasteiger charge is -2.41. The van der Waals surface area contributed by atoms with Crippen LogP contribution in [0.2, 0.25) is 0 Å². The number of rotatable bonds is 8. The zero-order valence-corrected chi connectivity index (χ0v) is 17.6. The van der Waals surface area contributed by atoms with Crippen molar-refractivity contribution < 1.29 is 41.7 Å². The van der Waals surface area contributed by atoms with Crippen molar-refractivity contribution in [1.29, 1.82) is 0 Å². The molecular formula is C13H14ClN5O9S2. The smallest absolute Gasteiger partial charge is 0.363 e. The number of oxime groups is 1. The van der Waals surface area contributed by atoms with Crippen LogP contribution in [0.15, 0.2) is 10.5 Å². The van der Waals surface area contributed by atoms with Gasteiger partial charge in [0.2, 0.25) is 5.91 Å². The minimum absolute atomic E-state index is 0.0581. The molecule has 0 aromatic carbocycles. The average molecular weight is 484 g/mol. The van der Waals surface area contributed by atoms with Crippen LogP contribution in [0, 0.1) is 0 Å². The van der Waals surface area contributed by atoms with Gasteiger partial charge in [0.15, 0.2) is 16.9 Å². The third-order valence-corrected chi connectivity index (χ3v) is 5.45. The number of aromatic nitrogens is 1. The van der Waals surface area contributed by atoms with Crippen LogP contribution in [-0.2, 0) is 39.1 Å². The number of carbonyl (C=O) groups excluding carboxylic acids is 4. The first-order valence-corrected chi connectivity index (χ1v) is 10.5. The maximum absolute atomic E-state index is 12.6. The molecule has 0 saturated carbocycles. The average Bonchev–Trinajstić information content (AvgIpc) is 3.13. The lowest BCUT2D eigenvalue weighted by Crippen LogP contribution is -2.74. The van der Waals surface area contributed by atoms with E-state index in [-0.39, 0.29) is 21.0 Å². The Kier molecular flexibility index (Phi) is 7.30. The van der Waals surface area contributed by atoms with Crippen LogP contribution < -0.4 is 10.6 Å². The summed E-state index contributed by atoms with van der Waals surface area (Å²) in [6.07, 6.45) is 0. The molecule has 3 amide bonds. The molecule has 2 rings (SSSR count). The number of nitrogens with one attached hydrogen (secondary N) is 2. The number of β-lactam (4-membered cyclic amide) rings is 1. The van der Waals surface area contributed by atoms with E-state index in [4.69, 9.17) is 16.2 Å². The molecule has 30 heavy (non-hydrogen) atoms. The van der Waals surface area contributed by atoms with Gasteiger partial charge in [-0.2, -0.15) is 12.7 Å². The van der Waals surface area contributed by atoms with Gasteiger partial charge in [0.1, 0.15) is 24.7 Å². The van der Waals surface area contributed by atoms with E-state index in [0.717, 1.165) is 25.6 Å². The van der Waals surface area contributed by atoms with Crippen molar-refractivity contribution in [3.05, 3.63) is 11.1 Å². The SMILES string of the molecule is CO/N=C(\C(=O)NC1C(=O)N(S(=O)(=O)O)C1C(=O)OC)c1csc(NC(=O)CCl)n1. The van der Waals surface area contributed by atoms with Crippen LogP contribution in [-0.4, -0.2) is 83.8 Å². The Labute approximate surface area is 178 Å². The molecule has 2 unspecified atom stereocenters. The predicted octanol–water partition coefficient (Wildman–Crippen LogP) is -1.66. The number of esters is 1. The van der Waals surface area contributed by atoms with Crippen LogP contribution >= 0.6 is 22.9 Å². The molecule has 0 aliphatic carbocycles. The summed E-state index contributed by atoms with van der Waals surface area (Å²) >= 11 is 6.32. The van der Waals surface area contributed by atoms with Gasteiger partial charge in [-0.25, -0.2) is 9.78 Å². The van der Waals surface area contributed by atoms with Crippen molar-refractivity contribution in [3.63, 3.8) is 0 Å². The summed E-state index contributed by atoms with van der Waals surface area (Å²) in [7, 11) is -3.01. The summed E-state index contributed by atoms with van der Waals surface area (Å²) < 4.78 is 36.0. The molecular weight excluding hydrogens is 470 g/mol. The normalized spacial score (nSPS) is 19.0. The maximum atomic E-state index is 12.6. The number of halogens is 1. The summed E-state index contributed by atoms with van der Waals surface area (Å²) in [5.41, 5.74) is -0.501. The first-order chi connectivity index (χ1) is 14.0. The van der Waals surface area contributed by atoms with E-state index in [2.05, 4.69) is 30.3 Å². The topological polar surface area (TPSA) is 194 Å². The zero-order chi connectivity index (χ0) is 22.6. The molecule has 2 atom stereocenters. The largest absolute Gasteiger partial charge is 0.467 e. The Hall–Kier alpha value is -2.82. The van der Waals surface area contributed by atoms with E-state index in [1.54, 1.807) is 0 Å². The minimum atomic E-state index is -5.07. The monoisotopic (exact) mass is 483 g/mol. The van der Waals surface area contributed by atoms with E-state index in [9.17, 15) is 27.6 Å². The van der Waals surface area contributed by atoms with Gasteiger partial charge in [-0.3, -0.25) is 18.9 Å². The standard InChI is InChI=1S/C13H14ClN5O9S2/c1-27-12(23)9-8(11(22)19(9)30(24,25)26)17-10(21)7(18-28-2)5-4-29-13(15-5)16-6(20)3-14/h4,8-9H,3H2,1-2H3,(H,17,21)(H,15,16,20)(H,24,25,26)/b18-7-. The number of thiazole rings is 1. The molecule has 1 aromatic rings. The summed E-state index contributed by atoms with van der Waals surface area (Å²) in [6, 6.07) is -3.48. The molecule has 14 nitrogen and oxygen atoms in total. The number of amides is 3. The number of carbonyl (C=O) groups is 4. The maximum Gasteiger partial charge on any atom is 0.363 e. The van der Waals surface area contributed by atoms with Crippen molar-refractivity contribution >= 4 is 67.8 Å². The Bertz CT molecular complexity index is 1010. The Morgan fingerprint density at radius 2 is 2.07 bits per heavy atom. The molecule has 0 bridgehead atoms. The molecule has 0 radical (unpaired) electrons. The number of hydrogen-bond acceptors (Lipinski definition) is 11. The predicted molar refractivity (Wildman–Crippen MR) is 101 cm³/mol. The molecule has 1 aliphatic rings. The fourth-order valence-electron chi connectivity index (χ4n) is 2.31. The zero-order valence-electron chi connectivity index (χ0n) is 15.2. The molecule has 3 N–H and O–H groups in total. The first-order valence-electron chi connectivity index (χ1n) is 7.67. The Morgan fingerprint density at radius 3 is 2.60 bits per heavy atom. The second-order valence-corrected chi connectivity index (χ2v) is 7.79. The number of methoxy groups -OCH3 is 1. The van der Waals surface area contributed by atoms with Gasteiger partial charge in [-0.1, -0.05) is 5.16 Å². The van der Waals surface area contributed by atoms with Crippen molar-refractivity contribution in [2.24, 2.45) is 5.16 Å². The Balaban J connectivity index is 2.25. The van der Waals surface area contributed by atoms with Gasteiger partial charge < -0.3 is 20.2 Å². The van der Waals surface area contributed by atoms with Crippen LogP contribution in [0.5, 0.6) is 0 Å². The van der Waals surface area contributed by atoms with Crippen molar-refractivity contribution in [2.75, 3.05) is 25.4 Å². The molecule has 0 spiro atoms. The molecule has 1 aliphatic heterocycles. The highest BCUT2D eigenvalue weighted by Gasteiger charge is 2.58. The van der Waals surface area contributed by atoms with E-state index in [1.165, 1.54) is 5.38 Å². The Morgan fingerprint density at radius 1 is 1.40 bits per heavy atom. The van der Waals surface area contributed by atoms with Gasteiger partial charge >= 0.3 is 16.3 Å². The third kappa shape index (κ3) is 4.84. The van der Waals surface area contributed by atoms with Gasteiger partial charge in [-0.05, 0) is 0 Å². The number of alkyl halides is 1. The lowest BCUT2D eigenvalue weighted by atomic mass is 9.98. The highest BCUT2D eigenvalue weighted by atomic mass is 35.5. The van der Waals surface area contributed by atoms with Crippen LogP contribution in [0.1, 0.15) is 5.69 Å². The van der Waals surface area contributed by atoms with Gasteiger partial charge in [-0.15, -0.1) is 22.9 Å². The molecule has 164 valence electrons. The number of anilines is 1. The van der Waals surface area contributed by atoms with E-state index in [1.807, 2.05) is 0 Å². The summed E-state index contributed by atoms with van der Waals surface area (Å²) in [4.78, 5) is 56.4. The van der Waals surface area contributed by atoms with Crippen LogP contribution in [0.25, 0.3) is 0 Å². The molecule has 17 heteroatoms. The van der Waals surface area contributed by atoms with Crippen molar-refractivity contribution in [1.82, 2.24) is 14.6 Å². The van der Waals surface area contributed by atoms with Gasteiger partial charge in [0, 0.05) is 5.38 Å². The van der Waals surface area contributed by atoms with Crippen LogP contribution in [0.3, 0.4) is 0 Å². The fourth-order valence-corrected chi connectivity index (χ4v) is 3.92. The van der Waals surface area contributed by atoms with E-state index in [0.29, 0.717) is 0 Å². The number of hydrogen-bond donors (Lipinski definition) is 3. The van der Waals surface area contributed by atoms with E-state index < -0.39 is 51.8 Å². The summed E-state index contributed by atoms with van der Waals surface area (Å²) in [5.74, 6) is -4.39. The number of ether oxygens (including phenoxy) is 1. The highest BCUT2D eigenvalue weighted by molar-refractivity contribution is 7.84. The number of nitrogens with zero attached hydrogens (tertiary/aromatic N) is 3. The highest BCUT2D eigenvalue weighted by Crippen LogP contribution is 2.25. The van der Waals surface area contributed by atoms with E-state index >= 15 is 0 Å². The second-order valence-electron chi connectivity index (χ2n) is 5.37. The molecule has 1 aromatic heterocycles. The second kappa shape index (κ2) is 9.33. The summed E-state index contributed by atoms with van der Waals surface area (Å²) in [5, 5.41) is 9.42. The molecule has 1 fully saturated rings. The quantitative estimate of drug-likeness (QED) is 0.0961. The minimum Gasteiger partial charge on any atom is -0.467 e. The van der Waals surface area contributed by atoms with Gasteiger partial charge in [0.05, 0.1) is 7.11 Å². The van der Waals surface area contributed by atoms with Gasteiger partial charge in [0.25, 0.3) is 11.8 Å². The van der Waals surface area contributed by atoms with Crippen LogP contribution in [0.4, 0.5) is 5.13 Å². The van der Waals surface area contributed by atoms with Crippen molar-refractivity contribution in [2.45, 2.75) is 12.1 Å². The fraction of sp³-hybridized carbons (Fsp3) is 0.385. The third-order valence-electron chi connectivity index (χ3n) is 3.54. The molecule has 1 saturated heterocycles. The molecule has 2 heterocycles. The first kappa shape index (κ1) is 23.5. The van der Waals surface area contributed by atoms with Crippen molar-refractivity contribution in [3.8, 4) is 0 Å². The summed E-state index contributed by atoms with van der Waals surface area (Å²) in [6.45, 7) is 0. The lowest BCUT2D eigenvalue weighted by molar-refractivity contribution is -0.162.